The lowest BCUT2D eigenvalue weighted by Crippen LogP contribution is -2.58. The third-order valence-electron chi connectivity index (χ3n) is 5.40. The number of hydrogen-bond donors (Lipinski definition) is 1. The van der Waals surface area contributed by atoms with Gasteiger partial charge in [0.2, 0.25) is 0 Å². The Hall–Kier alpha value is -2.13. The molecule has 0 aromatic heterocycles. The first-order valence-electron chi connectivity index (χ1n) is 9.21. The highest BCUT2D eigenvalue weighted by Crippen LogP contribution is 2.35. The van der Waals surface area contributed by atoms with Crippen molar-refractivity contribution in [3.8, 4) is 23.3 Å². The Bertz CT molecular complexity index is 890. The van der Waals surface area contributed by atoms with Gasteiger partial charge >= 0.3 is 0 Å². The van der Waals surface area contributed by atoms with Crippen molar-refractivity contribution in [3.05, 3.63) is 54.1 Å². The molecule has 0 saturated carbocycles. The van der Waals surface area contributed by atoms with Crippen LogP contribution in [0.3, 0.4) is 0 Å². The smallest absolute Gasteiger partial charge is 0.141 e. The predicted molar refractivity (Wildman–Crippen MR) is 106 cm³/mol. The normalized spacial score (nSPS) is 27.5. The molecular formula is C22H23NO3S. The SMILES string of the molecule is CS(=O)c1ccc(Oc2ccc(C#C[C@]3(O)CN4CCC3CC4)cc2)cc1. The molecule has 1 unspecified atom stereocenters. The van der Waals surface area contributed by atoms with Crippen molar-refractivity contribution in [2.24, 2.45) is 5.92 Å². The number of nitrogens with zero attached hydrogens (tertiary/aromatic N) is 1. The van der Waals surface area contributed by atoms with Gasteiger partial charge < -0.3 is 9.84 Å². The summed E-state index contributed by atoms with van der Waals surface area (Å²) in [6, 6.07) is 14.8. The quantitative estimate of drug-likeness (QED) is 0.831. The lowest BCUT2D eigenvalue weighted by molar-refractivity contribution is -0.0713. The van der Waals surface area contributed by atoms with Gasteiger partial charge in [-0.05, 0) is 74.5 Å². The van der Waals surface area contributed by atoms with E-state index in [1.807, 2.05) is 36.4 Å². The average molecular weight is 381 g/mol. The Morgan fingerprint density at radius 3 is 2.19 bits per heavy atom. The molecule has 0 aliphatic carbocycles. The van der Waals surface area contributed by atoms with E-state index in [1.165, 1.54) is 0 Å². The number of benzene rings is 2. The summed E-state index contributed by atoms with van der Waals surface area (Å²) in [4.78, 5) is 3.07. The molecule has 4 nitrogen and oxygen atoms in total. The molecule has 5 heteroatoms. The number of rotatable bonds is 3. The maximum atomic E-state index is 11.4. The average Bonchev–Trinajstić information content (AvgIpc) is 2.69. The van der Waals surface area contributed by atoms with Crippen molar-refractivity contribution in [2.75, 3.05) is 25.9 Å². The van der Waals surface area contributed by atoms with E-state index >= 15 is 0 Å². The lowest BCUT2D eigenvalue weighted by atomic mass is 9.76. The maximum Gasteiger partial charge on any atom is 0.141 e. The zero-order valence-corrected chi connectivity index (χ0v) is 16.2. The van der Waals surface area contributed by atoms with Crippen molar-refractivity contribution in [2.45, 2.75) is 23.3 Å². The van der Waals surface area contributed by atoms with Crippen LogP contribution in [0.4, 0.5) is 0 Å². The van der Waals surface area contributed by atoms with Crippen LogP contribution in [0.2, 0.25) is 0 Å². The summed E-state index contributed by atoms with van der Waals surface area (Å²) in [6.07, 6.45) is 3.71. The molecule has 0 amide bonds. The van der Waals surface area contributed by atoms with Crippen molar-refractivity contribution < 1.29 is 14.1 Å². The molecule has 2 aromatic rings. The van der Waals surface area contributed by atoms with Crippen LogP contribution in [0.5, 0.6) is 11.5 Å². The van der Waals surface area contributed by atoms with Gasteiger partial charge in [-0.1, -0.05) is 11.8 Å². The fraction of sp³-hybridized carbons (Fsp3) is 0.364. The van der Waals surface area contributed by atoms with Crippen LogP contribution in [0.1, 0.15) is 18.4 Å². The van der Waals surface area contributed by atoms with E-state index in [0.29, 0.717) is 18.0 Å². The Morgan fingerprint density at radius 2 is 1.67 bits per heavy atom. The van der Waals surface area contributed by atoms with Crippen LogP contribution in [0, 0.1) is 17.8 Å². The summed E-state index contributed by atoms with van der Waals surface area (Å²) in [7, 11) is -0.990. The monoisotopic (exact) mass is 381 g/mol. The first-order valence-corrected chi connectivity index (χ1v) is 10.8. The molecule has 0 radical (unpaired) electrons. The highest BCUT2D eigenvalue weighted by Gasteiger charge is 2.44. The number of fused-ring (bicyclic) bond motifs is 3. The molecule has 140 valence electrons. The molecule has 0 spiro atoms. The van der Waals surface area contributed by atoms with E-state index in [4.69, 9.17) is 4.74 Å². The van der Waals surface area contributed by atoms with Gasteiger partial charge in [0, 0.05) is 40.0 Å². The standard InChI is InChI=1S/C22H23NO3S/c1-27(25)21-8-6-20(7-9-21)26-19-4-2-17(3-5-19)10-13-22(24)16-23-14-11-18(22)12-15-23/h2-9,18,24H,11-12,14-16H2,1H3/t22-,27?/m0/s1. The fourth-order valence-electron chi connectivity index (χ4n) is 3.80. The maximum absolute atomic E-state index is 11.4. The van der Waals surface area contributed by atoms with Crippen LogP contribution >= 0.6 is 0 Å². The van der Waals surface area contributed by atoms with Gasteiger partial charge in [0.25, 0.3) is 0 Å². The van der Waals surface area contributed by atoms with Crippen LogP contribution in [0.25, 0.3) is 0 Å². The van der Waals surface area contributed by atoms with E-state index < -0.39 is 16.4 Å². The second-order valence-corrected chi connectivity index (χ2v) is 8.66. The highest BCUT2D eigenvalue weighted by molar-refractivity contribution is 7.84. The summed E-state index contributed by atoms with van der Waals surface area (Å²) in [6.45, 7) is 2.82. The summed E-state index contributed by atoms with van der Waals surface area (Å²) >= 11 is 0. The molecular weight excluding hydrogens is 358 g/mol. The van der Waals surface area contributed by atoms with Crippen molar-refractivity contribution >= 4 is 10.8 Å². The summed E-state index contributed by atoms with van der Waals surface area (Å²) in [5.41, 5.74) is -0.0174. The number of hydrogen-bond acceptors (Lipinski definition) is 4. The minimum atomic E-state index is -0.990. The molecule has 3 heterocycles. The molecule has 3 saturated heterocycles. The molecule has 2 aromatic carbocycles. The van der Waals surface area contributed by atoms with Gasteiger partial charge in [0.1, 0.15) is 17.1 Å². The van der Waals surface area contributed by atoms with Crippen LogP contribution in [-0.2, 0) is 10.8 Å². The van der Waals surface area contributed by atoms with Crippen LogP contribution in [-0.4, -0.2) is 45.7 Å². The van der Waals surface area contributed by atoms with Gasteiger partial charge in [0.05, 0.1) is 0 Å². The van der Waals surface area contributed by atoms with Gasteiger partial charge in [-0.25, -0.2) is 0 Å². The molecule has 5 rings (SSSR count). The van der Waals surface area contributed by atoms with Gasteiger partial charge in [-0.2, -0.15) is 0 Å². The van der Waals surface area contributed by atoms with E-state index in [0.717, 1.165) is 36.4 Å². The third-order valence-corrected chi connectivity index (χ3v) is 6.33. The fourth-order valence-corrected chi connectivity index (χ4v) is 4.32. The second-order valence-electron chi connectivity index (χ2n) is 7.28. The summed E-state index contributed by atoms with van der Waals surface area (Å²) in [5.74, 6) is 7.96. The van der Waals surface area contributed by atoms with E-state index in [-0.39, 0.29) is 5.92 Å². The van der Waals surface area contributed by atoms with Gasteiger partial charge in [-0.15, -0.1) is 0 Å². The lowest BCUT2D eigenvalue weighted by Gasteiger charge is -2.47. The topological polar surface area (TPSA) is 49.8 Å². The first kappa shape index (κ1) is 18.2. The van der Waals surface area contributed by atoms with Gasteiger partial charge in [0.15, 0.2) is 0 Å². The van der Waals surface area contributed by atoms with Crippen molar-refractivity contribution in [3.63, 3.8) is 0 Å². The summed E-state index contributed by atoms with van der Waals surface area (Å²) < 4.78 is 17.2. The van der Waals surface area contributed by atoms with E-state index in [1.54, 1.807) is 18.4 Å². The zero-order chi connectivity index (χ0) is 18.9. The van der Waals surface area contributed by atoms with E-state index in [2.05, 4.69) is 16.7 Å². The third kappa shape index (κ3) is 4.08. The number of aliphatic hydroxyl groups is 1. The second kappa shape index (κ2) is 7.47. The van der Waals surface area contributed by atoms with Gasteiger partial charge in [-0.3, -0.25) is 9.11 Å². The highest BCUT2D eigenvalue weighted by atomic mass is 32.2. The minimum Gasteiger partial charge on any atom is -0.457 e. The van der Waals surface area contributed by atoms with Crippen molar-refractivity contribution in [1.82, 2.24) is 4.90 Å². The largest absolute Gasteiger partial charge is 0.457 e. The van der Waals surface area contributed by atoms with Crippen molar-refractivity contribution in [1.29, 1.82) is 0 Å². The molecule has 3 aliphatic heterocycles. The van der Waals surface area contributed by atoms with Crippen LogP contribution in [0.15, 0.2) is 53.4 Å². The summed E-state index contributed by atoms with van der Waals surface area (Å²) in [5, 5.41) is 10.9. The Labute approximate surface area is 162 Å². The van der Waals surface area contributed by atoms with Crippen LogP contribution < -0.4 is 4.74 Å². The molecule has 27 heavy (non-hydrogen) atoms. The Balaban J connectivity index is 1.43. The molecule has 2 bridgehead atoms. The molecule has 1 N–H and O–H groups in total. The minimum absolute atomic E-state index is 0.290. The molecule has 3 fully saturated rings. The van der Waals surface area contributed by atoms with E-state index in [9.17, 15) is 9.32 Å². The molecule has 2 atom stereocenters. The number of piperidine rings is 3. The number of ether oxygens (including phenoxy) is 1. The zero-order valence-electron chi connectivity index (χ0n) is 15.4. The first-order chi connectivity index (χ1) is 13.0. The Kier molecular flexibility index (Phi) is 5.05. The molecule has 3 aliphatic rings. The Morgan fingerprint density at radius 1 is 1.07 bits per heavy atom. The predicted octanol–water partition coefficient (Wildman–Crippen LogP) is 3.02.